The number of ketones is 1. The molecule has 0 fully saturated rings. The number of rotatable bonds is 6. The highest BCUT2D eigenvalue weighted by Crippen LogP contribution is 2.14. The fourth-order valence-corrected chi connectivity index (χ4v) is 2.39. The quantitative estimate of drug-likeness (QED) is 0.782. The number of hydrogen-bond donors (Lipinski definition) is 2. The molecule has 0 aliphatic heterocycles. The maximum absolute atomic E-state index is 12.4. The van der Waals surface area contributed by atoms with Gasteiger partial charge in [-0.3, -0.25) is 14.4 Å². The highest BCUT2D eigenvalue weighted by Gasteiger charge is 2.23. The molecule has 1 heterocycles. The predicted octanol–water partition coefficient (Wildman–Crippen LogP) is 1.75. The van der Waals surface area contributed by atoms with Gasteiger partial charge in [-0.15, -0.1) is 0 Å². The number of nitrogens with zero attached hydrogens (tertiary/aromatic N) is 2. The number of nitrogens with one attached hydrogen (secondary N) is 2. The van der Waals surface area contributed by atoms with Crippen LogP contribution in [0.1, 0.15) is 37.0 Å². The molecule has 0 saturated heterocycles. The molecular formula is C18H22N4O3. The van der Waals surface area contributed by atoms with Crippen LogP contribution in [-0.2, 0) is 16.6 Å². The van der Waals surface area contributed by atoms with Gasteiger partial charge in [-0.2, -0.15) is 0 Å². The van der Waals surface area contributed by atoms with Crippen molar-refractivity contribution < 1.29 is 14.4 Å². The largest absolute Gasteiger partial charge is 0.344 e. The molecule has 0 spiro atoms. The predicted molar refractivity (Wildman–Crippen MR) is 94.2 cm³/mol. The van der Waals surface area contributed by atoms with Crippen LogP contribution in [0.3, 0.4) is 0 Å². The zero-order chi connectivity index (χ0) is 18.6. The van der Waals surface area contributed by atoms with Crippen LogP contribution in [0.2, 0.25) is 0 Å². The molecule has 25 heavy (non-hydrogen) atoms. The lowest BCUT2D eigenvalue weighted by molar-refractivity contribution is -0.126. The first-order chi connectivity index (χ1) is 11.8. The SMILES string of the molecule is CC(=O)NC(C(=O)Nc1ccc(C(=O)c2nccn2C)cc1)C(C)C. The van der Waals surface area contributed by atoms with Crippen molar-refractivity contribution in [3.05, 3.63) is 48.0 Å². The second kappa shape index (κ2) is 7.74. The molecule has 7 nitrogen and oxygen atoms in total. The molecule has 1 aromatic heterocycles. The summed E-state index contributed by atoms with van der Waals surface area (Å²) in [6.45, 7) is 5.09. The summed E-state index contributed by atoms with van der Waals surface area (Å²) in [6.07, 6.45) is 3.27. The van der Waals surface area contributed by atoms with Gasteiger partial charge in [-0.1, -0.05) is 13.8 Å². The van der Waals surface area contributed by atoms with E-state index in [2.05, 4.69) is 15.6 Å². The van der Waals surface area contributed by atoms with E-state index in [4.69, 9.17) is 0 Å². The van der Waals surface area contributed by atoms with Gasteiger partial charge >= 0.3 is 0 Å². The zero-order valence-electron chi connectivity index (χ0n) is 14.7. The van der Waals surface area contributed by atoms with Crippen LogP contribution in [-0.4, -0.2) is 33.2 Å². The number of carbonyl (C=O) groups excluding carboxylic acids is 3. The number of amides is 2. The monoisotopic (exact) mass is 342 g/mol. The van der Waals surface area contributed by atoms with E-state index in [1.165, 1.54) is 6.92 Å². The normalized spacial score (nSPS) is 11.9. The molecule has 1 aromatic carbocycles. The highest BCUT2D eigenvalue weighted by molar-refractivity contribution is 6.07. The maximum atomic E-state index is 12.4. The standard InChI is InChI=1S/C18H22N4O3/c1-11(2)15(20-12(3)23)18(25)21-14-7-5-13(6-8-14)16(24)17-19-9-10-22(17)4/h5-11,15H,1-4H3,(H,20,23)(H,21,25). The summed E-state index contributed by atoms with van der Waals surface area (Å²) in [7, 11) is 1.75. The lowest BCUT2D eigenvalue weighted by atomic mass is 10.0. The molecule has 2 N–H and O–H groups in total. The van der Waals surface area contributed by atoms with Crippen molar-refractivity contribution in [3.8, 4) is 0 Å². The number of anilines is 1. The van der Waals surface area contributed by atoms with Crippen molar-refractivity contribution in [2.45, 2.75) is 26.8 Å². The Hall–Kier alpha value is -2.96. The van der Waals surface area contributed by atoms with Gasteiger partial charge in [-0.05, 0) is 30.2 Å². The average molecular weight is 342 g/mol. The molecule has 7 heteroatoms. The second-order valence-corrected chi connectivity index (χ2v) is 6.18. The molecule has 2 rings (SSSR count). The number of carbonyl (C=O) groups is 3. The van der Waals surface area contributed by atoms with Crippen LogP contribution in [0.4, 0.5) is 5.69 Å². The number of imidazole rings is 1. The molecule has 0 aliphatic rings. The van der Waals surface area contributed by atoms with E-state index in [-0.39, 0.29) is 23.5 Å². The van der Waals surface area contributed by atoms with E-state index in [1.807, 2.05) is 13.8 Å². The van der Waals surface area contributed by atoms with Gasteiger partial charge in [0, 0.05) is 37.6 Å². The number of hydrogen-bond acceptors (Lipinski definition) is 4. The summed E-state index contributed by atoms with van der Waals surface area (Å²) < 4.78 is 1.65. The van der Waals surface area contributed by atoms with Gasteiger partial charge in [-0.25, -0.2) is 4.98 Å². The van der Waals surface area contributed by atoms with E-state index < -0.39 is 6.04 Å². The third-order valence-electron chi connectivity index (χ3n) is 3.75. The van der Waals surface area contributed by atoms with Gasteiger partial charge in [0.05, 0.1) is 0 Å². The van der Waals surface area contributed by atoms with Crippen molar-refractivity contribution in [2.75, 3.05) is 5.32 Å². The lowest BCUT2D eigenvalue weighted by Gasteiger charge is -2.21. The number of aromatic nitrogens is 2. The van der Waals surface area contributed by atoms with Gasteiger partial charge in [0.2, 0.25) is 17.6 Å². The van der Waals surface area contributed by atoms with Gasteiger partial charge in [0.1, 0.15) is 6.04 Å². The Bertz CT molecular complexity index is 778. The number of benzene rings is 1. The summed E-state index contributed by atoms with van der Waals surface area (Å²) in [5.74, 6) is -0.447. The molecule has 2 aromatic rings. The van der Waals surface area contributed by atoms with Crippen molar-refractivity contribution >= 4 is 23.3 Å². The Morgan fingerprint density at radius 2 is 1.76 bits per heavy atom. The molecule has 0 radical (unpaired) electrons. The van der Waals surface area contributed by atoms with Crippen LogP contribution in [0, 0.1) is 5.92 Å². The lowest BCUT2D eigenvalue weighted by Crippen LogP contribution is -2.46. The van der Waals surface area contributed by atoms with Gasteiger partial charge < -0.3 is 15.2 Å². The van der Waals surface area contributed by atoms with Crippen molar-refractivity contribution in [1.82, 2.24) is 14.9 Å². The van der Waals surface area contributed by atoms with Gasteiger partial charge in [0.15, 0.2) is 5.82 Å². The molecule has 2 amide bonds. The third-order valence-corrected chi connectivity index (χ3v) is 3.75. The Morgan fingerprint density at radius 3 is 2.24 bits per heavy atom. The first kappa shape index (κ1) is 18.4. The third kappa shape index (κ3) is 4.53. The molecule has 0 bridgehead atoms. The number of aryl methyl sites for hydroxylation is 1. The van der Waals surface area contributed by atoms with E-state index in [0.717, 1.165) is 0 Å². The van der Waals surface area contributed by atoms with Crippen LogP contribution in [0.25, 0.3) is 0 Å². The maximum Gasteiger partial charge on any atom is 0.247 e. The van der Waals surface area contributed by atoms with E-state index in [1.54, 1.807) is 48.3 Å². The summed E-state index contributed by atoms with van der Waals surface area (Å²) in [5, 5.41) is 5.39. The van der Waals surface area contributed by atoms with Crippen molar-refractivity contribution in [3.63, 3.8) is 0 Å². The molecule has 0 aliphatic carbocycles. The van der Waals surface area contributed by atoms with Crippen LogP contribution in [0.15, 0.2) is 36.7 Å². The molecule has 1 unspecified atom stereocenters. The molecule has 1 atom stereocenters. The fourth-order valence-electron chi connectivity index (χ4n) is 2.39. The van der Waals surface area contributed by atoms with Gasteiger partial charge in [0.25, 0.3) is 0 Å². The first-order valence-electron chi connectivity index (χ1n) is 7.99. The zero-order valence-corrected chi connectivity index (χ0v) is 14.7. The Labute approximate surface area is 146 Å². The Balaban J connectivity index is 2.09. The van der Waals surface area contributed by atoms with Crippen LogP contribution in [0.5, 0.6) is 0 Å². The topological polar surface area (TPSA) is 93.1 Å². The average Bonchev–Trinajstić information content (AvgIpc) is 2.98. The Kier molecular flexibility index (Phi) is 5.69. The molecule has 132 valence electrons. The minimum atomic E-state index is -0.619. The Morgan fingerprint density at radius 1 is 1.12 bits per heavy atom. The summed E-state index contributed by atoms with van der Waals surface area (Å²) in [6, 6.07) is 5.95. The van der Waals surface area contributed by atoms with E-state index in [0.29, 0.717) is 17.1 Å². The van der Waals surface area contributed by atoms with Crippen LogP contribution >= 0.6 is 0 Å². The van der Waals surface area contributed by atoms with Crippen molar-refractivity contribution in [2.24, 2.45) is 13.0 Å². The second-order valence-electron chi connectivity index (χ2n) is 6.18. The van der Waals surface area contributed by atoms with Crippen LogP contribution < -0.4 is 10.6 Å². The van der Waals surface area contributed by atoms with E-state index in [9.17, 15) is 14.4 Å². The smallest absolute Gasteiger partial charge is 0.247 e. The summed E-state index contributed by atoms with van der Waals surface area (Å²) in [5.41, 5.74) is 1.03. The first-order valence-corrected chi connectivity index (χ1v) is 7.99. The fraction of sp³-hybridized carbons (Fsp3) is 0.333. The molecular weight excluding hydrogens is 320 g/mol. The minimum Gasteiger partial charge on any atom is -0.344 e. The van der Waals surface area contributed by atoms with E-state index >= 15 is 0 Å². The minimum absolute atomic E-state index is 0.0480. The van der Waals surface area contributed by atoms with Crippen molar-refractivity contribution in [1.29, 1.82) is 0 Å². The summed E-state index contributed by atoms with van der Waals surface area (Å²) in [4.78, 5) is 40.0. The highest BCUT2D eigenvalue weighted by atomic mass is 16.2. The summed E-state index contributed by atoms with van der Waals surface area (Å²) >= 11 is 0. The molecule has 0 saturated carbocycles.